The zero-order chi connectivity index (χ0) is 14.8. The highest BCUT2D eigenvalue weighted by molar-refractivity contribution is 5.43. The van der Waals surface area contributed by atoms with Crippen LogP contribution in [0.4, 0.5) is 0 Å². The molecule has 20 heavy (non-hydrogen) atoms. The maximum atomic E-state index is 5.65. The Morgan fingerprint density at radius 3 is 2.40 bits per heavy atom. The highest BCUT2D eigenvalue weighted by Crippen LogP contribution is 2.28. The van der Waals surface area contributed by atoms with Crippen LogP contribution in [0.1, 0.15) is 39.7 Å². The van der Waals surface area contributed by atoms with Crippen LogP contribution in [0.25, 0.3) is 0 Å². The van der Waals surface area contributed by atoms with Gasteiger partial charge in [-0.3, -0.25) is 0 Å². The maximum absolute atomic E-state index is 5.65. The molecular weight excluding hydrogens is 250 g/mol. The summed E-state index contributed by atoms with van der Waals surface area (Å²) in [4.78, 5) is 0. The predicted octanol–water partition coefficient (Wildman–Crippen LogP) is 3.66. The highest BCUT2D eigenvalue weighted by Gasteiger charge is 2.06. The van der Waals surface area contributed by atoms with Crippen LogP contribution in [0.3, 0.4) is 0 Å². The topological polar surface area (TPSA) is 30.5 Å². The van der Waals surface area contributed by atoms with Gasteiger partial charge >= 0.3 is 0 Å². The summed E-state index contributed by atoms with van der Waals surface area (Å²) < 4.78 is 11.2. The van der Waals surface area contributed by atoms with Gasteiger partial charge in [-0.05, 0) is 63.4 Å². The van der Waals surface area contributed by atoms with E-state index in [-0.39, 0.29) is 0 Å². The van der Waals surface area contributed by atoms with Gasteiger partial charge in [-0.25, -0.2) is 0 Å². The monoisotopic (exact) mass is 279 g/mol. The van der Waals surface area contributed by atoms with Gasteiger partial charge < -0.3 is 14.8 Å². The maximum Gasteiger partial charge on any atom is 0.161 e. The van der Waals surface area contributed by atoms with Gasteiger partial charge in [0, 0.05) is 0 Å². The summed E-state index contributed by atoms with van der Waals surface area (Å²) in [5.41, 5.74) is 1.31. The van der Waals surface area contributed by atoms with E-state index in [2.05, 4.69) is 31.3 Å². The van der Waals surface area contributed by atoms with Gasteiger partial charge in [-0.15, -0.1) is 0 Å². The molecule has 1 N–H and O–H groups in total. The number of nitrogens with one attached hydrogen (secondary N) is 1. The lowest BCUT2D eigenvalue weighted by atomic mass is 10.1. The Bertz CT molecular complexity index is 377. The van der Waals surface area contributed by atoms with Gasteiger partial charge in [-0.2, -0.15) is 0 Å². The third kappa shape index (κ3) is 6.29. The normalized spacial score (nSPS) is 10.8. The van der Waals surface area contributed by atoms with Crippen molar-refractivity contribution in [3.63, 3.8) is 0 Å². The number of rotatable bonds is 10. The molecule has 0 atom stereocenters. The van der Waals surface area contributed by atoms with Crippen LogP contribution < -0.4 is 14.8 Å². The van der Waals surface area contributed by atoms with Crippen molar-refractivity contribution in [2.75, 3.05) is 26.3 Å². The van der Waals surface area contributed by atoms with Gasteiger partial charge in [0.2, 0.25) is 0 Å². The Morgan fingerprint density at radius 2 is 1.75 bits per heavy atom. The van der Waals surface area contributed by atoms with E-state index in [9.17, 15) is 0 Å². The van der Waals surface area contributed by atoms with E-state index >= 15 is 0 Å². The average molecular weight is 279 g/mol. The Morgan fingerprint density at radius 1 is 1.05 bits per heavy atom. The van der Waals surface area contributed by atoms with Gasteiger partial charge in [0.05, 0.1) is 13.2 Å². The van der Waals surface area contributed by atoms with E-state index in [1.807, 2.05) is 19.9 Å². The number of ether oxygens (including phenoxy) is 2. The van der Waals surface area contributed by atoms with Crippen LogP contribution in [0.2, 0.25) is 0 Å². The largest absolute Gasteiger partial charge is 0.490 e. The summed E-state index contributed by atoms with van der Waals surface area (Å²) in [6.07, 6.45) is 2.21. The fourth-order valence-electron chi connectivity index (χ4n) is 2.06. The molecule has 0 aliphatic heterocycles. The molecule has 0 amide bonds. The molecular formula is C17H29NO2. The van der Waals surface area contributed by atoms with Crippen LogP contribution in [0, 0.1) is 5.92 Å². The van der Waals surface area contributed by atoms with E-state index in [1.165, 1.54) is 5.56 Å². The minimum absolute atomic E-state index is 0.665. The first-order valence-corrected chi connectivity index (χ1v) is 7.76. The SMILES string of the molecule is CCOc1ccc(CCCNCC(C)C)cc1OCC. The van der Waals surface area contributed by atoms with Crippen LogP contribution in [-0.4, -0.2) is 26.3 Å². The molecule has 114 valence electrons. The zero-order valence-electron chi connectivity index (χ0n) is 13.4. The summed E-state index contributed by atoms with van der Waals surface area (Å²) >= 11 is 0. The van der Waals surface area contributed by atoms with E-state index in [4.69, 9.17) is 9.47 Å². The van der Waals surface area contributed by atoms with Gasteiger partial charge in [0.15, 0.2) is 11.5 Å². The Labute approximate surface area is 123 Å². The predicted molar refractivity (Wildman–Crippen MR) is 84.8 cm³/mol. The summed E-state index contributed by atoms with van der Waals surface area (Å²) in [6, 6.07) is 6.26. The van der Waals surface area contributed by atoms with Gasteiger partial charge in [0.25, 0.3) is 0 Å². The summed E-state index contributed by atoms with van der Waals surface area (Å²) in [5.74, 6) is 2.42. The van der Waals surface area contributed by atoms with E-state index in [0.29, 0.717) is 19.1 Å². The molecule has 1 aromatic carbocycles. The van der Waals surface area contributed by atoms with Gasteiger partial charge in [-0.1, -0.05) is 19.9 Å². The van der Waals surface area contributed by atoms with Crippen molar-refractivity contribution in [3.8, 4) is 11.5 Å². The van der Waals surface area contributed by atoms with Crippen molar-refractivity contribution >= 4 is 0 Å². The van der Waals surface area contributed by atoms with Crippen molar-refractivity contribution in [2.24, 2.45) is 5.92 Å². The smallest absolute Gasteiger partial charge is 0.161 e. The first-order valence-electron chi connectivity index (χ1n) is 7.76. The third-order valence-corrected chi connectivity index (χ3v) is 2.98. The first-order chi connectivity index (χ1) is 9.67. The van der Waals surface area contributed by atoms with Crippen molar-refractivity contribution in [3.05, 3.63) is 23.8 Å². The van der Waals surface area contributed by atoms with E-state index in [1.54, 1.807) is 0 Å². The molecule has 0 saturated carbocycles. The molecule has 0 aliphatic rings. The standard InChI is InChI=1S/C17H29NO2/c1-5-19-16-10-9-15(12-17(16)20-6-2)8-7-11-18-13-14(3)4/h9-10,12,14,18H,5-8,11,13H2,1-4H3. The minimum atomic E-state index is 0.665. The van der Waals surface area contributed by atoms with Crippen molar-refractivity contribution in [1.82, 2.24) is 5.32 Å². The number of hydrogen-bond donors (Lipinski definition) is 1. The minimum Gasteiger partial charge on any atom is -0.490 e. The second-order valence-electron chi connectivity index (χ2n) is 5.35. The van der Waals surface area contributed by atoms with Crippen LogP contribution in [0.15, 0.2) is 18.2 Å². The lowest BCUT2D eigenvalue weighted by Gasteiger charge is -2.12. The second kappa shape index (κ2) is 9.65. The molecule has 0 heterocycles. The first kappa shape index (κ1) is 16.8. The molecule has 1 aromatic rings. The Kier molecular flexibility index (Phi) is 8.12. The molecule has 0 fully saturated rings. The molecule has 0 bridgehead atoms. The lowest BCUT2D eigenvalue weighted by Crippen LogP contribution is -2.21. The summed E-state index contributed by atoms with van der Waals surface area (Å²) in [7, 11) is 0. The number of benzene rings is 1. The summed E-state index contributed by atoms with van der Waals surface area (Å²) in [6.45, 7) is 11.9. The molecule has 0 saturated heterocycles. The average Bonchev–Trinajstić information content (AvgIpc) is 2.41. The molecule has 0 spiro atoms. The molecule has 0 radical (unpaired) electrons. The fraction of sp³-hybridized carbons (Fsp3) is 0.647. The molecule has 3 nitrogen and oxygen atoms in total. The fourth-order valence-corrected chi connectivity index (χ4v) is 2.06. The Balaban J connectivity index is 2.47. The van der Waals surface area contributed by atoms with Crippen LogP contribution in [0.5, 0.6) is 11.5 Å². The molecule has 0 aromatic heterocycles. The van der Waals surface area contributed by atoms with Crippen molar-refractivity contribution < 1.29 is 9.47 Å². The lowest BCUT2D eigenvalue weighted by molar-refractivity contribution is 0.287. The quantitative estimate of drug-likeness (QED) is 0.663. The summed E-state index contributed by atoms with van der Waals surface area (Å²) in [5, 5.41) is 3.47. The molecule has 3 heteroatoms. The van der Waals surface area contributed by atoms with Gasteiger partial charge in [0.1, 0.15) is 0 Å². The number of aryl methyl sites for hydroxylation is 1. The zero-order valence-corrected chi connectivity index (χ0v) is 13.4. The molecule has 0 aliphatic carbocycles. The van der Waals surface area contributed by atoms with Crippen molar-refractivity contribution in [2.45, 2.75) is 40.5 Å². The number of hydrogen-bond acceptors (Lipinski definition) is 3. The van der Waals surface area contributed by atoms with Crippen molar-refractivity contribution in [1.29, 1.82) is 0 Å². The van der Waals surface area contributed by atoms with E-state index < -0.39 is 0 Å². The van der Waals surface area contributed by atoms with Crippen LogP contribution in [-0.2, 0) is 6.42 Å². The highest BCUT2D eigenvalue weighted by atomic mass is 16.5. The third-order valence-electron chi connectivity index (χ3n) is 2.98. The molecule has 0 unspecified atom stereocenters. The molecule has 1 rings (SSSR count). The second-order valence-corrected chi connectivity index (χ2v) is 5.35. The Hall–Kier alpha value is -1.22. The van der Waals surface area contributed by atoms with Crippen LogP contribution >= 0.6 is 0 Å². The van der Waals surface area contributed by atoms with E-state index in [0.717, 1.165) is 37.4 Å².